The van der Waals surface area contributed by atoms with Crippen molar-refractivity contribution in [1.29, 1.82) is 0 Å². The van der Waals surface area contributed by atoms with Gasteiger partial charge in [-0.3, -0.25) is 4.79 Å². The molecule has 0 saturated heterocycles. The number of benzene rings is 2. The summed E-state index contributed by atoms with van der Waals surface area (Å²) in [5, 5.41) is 11.9. The van der Waals surface area contributed by atoms with Crippen LogP contribution in [0, 0.1) is 6.92 Å². The fraction of sp³-hybridized carbons (Fsp3) is 0.158. The monoisotopic (exact) mass is 400 g/mol. The Morgan fingerprint density at radius 3 is 2.56 bits per heavy atom. The lowest BCUT2D eigenvalue weighted by molar-refractivity contribution is 0.107. The summed E-state index contributed by atoms with van der Waals surface area (Å²) in [4.78, 5) is 13.0. The molecule has 1 aromatic heterocycles. The Labute approximate surface area is 166 Å². The molecule has 0 aliphatic rings. The van der Waals surface area contributed by atoms with E-state index >= 15 is 0 Å². The van der Waals surface area contributed by atoms with E-state index in [1.165, 1.54) is 22.1 Å². The van der Waals surface area contributed by atoms with Crippen LogP contribution < -0.4 is 4.74 Å². The van der Waals surface area contributed by atoms with E-state index in [0.29, 0.717) is 10.8 Å². The van der Waals surface area contributed by atoms with Gasteiger partial charge in [0, 0.05) is 5.75 Å². The molecule has 0 unspecified atom stereocenters. The lowest BCUT2D eigenvalue weighted by atomic mass is 10.2. The minimum absolute atomic E-state index is 0.0978. The van der Waals surface area contributed by atoms with E-state index in [9.17, 15) is 4.79 Å². The molecule has 0 bridgehead atoms. The zero-order chi connectivity index (χ0) is 19.2. The molecule has 3 aromatic rings. The van der Waals surface area contributed by atoms with Gasteiger partial charge in [0.05, 0.1) is 13.3 Å². The standard InChI is InChI=1S/C19H17ClN4O2S/c1-13-3-5-15(6-4-13)12-27-19-17(18(20)25)22-23-24(19)21-11-14-7-9-16(26-2)10-8-14/h3-11H,12H2,1-2H3. The highest BCUT2D eigenvalue weighted by atomic mass is 35.5. The number of carbonyl (C=O) groups is 1. The molecular formula is C19H17ClN4O2S. The second kappa shape index (κ2) is 8.83. The van der Waals surface area contributed by atoms with Gasteiger partial charge in [-0.25, -0.2) is 0 Å². The van der Waals surface area contributed by atoms with Gasteiger partial charge >= 0.3 is 0 Å². The van der Waals surface area contributed by atoms with E-state index in [1.54, 1.807) is 13.3 Å². The quantitative estimate of drug-likeness (QED) is 0.338. The van der Waals surface area contributed by atoms with E-state index < -0.39 is 5.24 Å². The summed E-state index contributed by atoms with van der Waals surface area (Å²) in [6.45, 7) is 2.04. The topological polar surface area (TPSA) is 69.4 Å². The number of hydrogen-bond donors (Lipinski definition) is 0. The van der Waals surface area contributed by atoms with Gasteiger partial charge in [0.2, 0.25) is 0 Å². The second-order valence-electron chi connectivity index (χ2n) is 5.70. The van der Waals surface area contributed by atoms with Gasteiger partial charge in [-0.1, -0.05) is 41.6 Å². The molecule has 0 aliphatic carbocycles. The first-order chi connectivity index (χ1) is 13.1. The number of thioether (sulfide) groups is 1. The summed E-state index contributed by atoms with van der Waals surface area (Å²) in [5.41, 5.74) is 3.27. The van der Waals surface area contributed by atoms with Gasteiger partial charge in [-0.15, -0.1) is 9.89 Å². The van der Waals surface area contributed by atoms with Gasteiger partial charge in [0.15, 0.2) is 10.7 Å². The summed E-state index contributed by atoms with van der Waals surface area (Å²) in [7, 11) is 1.61. The van der Waals surface area contributed by atoms with Crippen molar-refractivity contribution in [2.75, 3.05) is 7.11 Å². The molecule has 8 heteroatoms. The Morgan fingerprint density at radius 2 is 1.93 bits per heavy atom. The van der Waals surface area contributed by atoms with Gasteiger partial charge in [0.25, 0.3) is 5.24 Å². The van der Waals surface area contributed by atoms with Crippen LogP contribution in [0.4, 0.5) is 0 Å². The van der Waals surface area contributed by atoms with Crippen molar-refractivity contribution >= 4 is 34.8 Å². The van der Waals surface area contributed by atoms with Crippen LogP contribution in [0.25, 0.3) is 0 Å². The first kappa shape index (κ1) is 19.1. The number of hydrogen-bond acceptors (Lipinski definition) is 6. The van der Waals surface area contributed by atoms with E-state index in [4.69, 9.17) is 16.3 Å². The Bertz CT molecular complexity index is 953. The average molecular weight is 401 g/mol. The van der Waals surface area contributed by atoms with Gasteiger partial charge in [-0.2, -0.15) is 5.10 Å². The molecule has 6 nitrogen and oxygen atoms in total. The van der Waals surface area contributed by atoms with Crippen LogP contribution in [0.3, 0.4) is 0 Å². The normalized spacial score (nSPS) is 11.1. The number of methoxy groups -OCH3 is 1. The fourth-order valence-electron chi connectivity index (χ4n) is 2.24. The first-order valence-electron chi connectivity index (χ1n) is 8.09. The number of aryl methyl sites for hydroxylation is 1. The third-order valence-electron chi connectivity index (χ3n) is 3.73. The van der Waals surface area contributed by atoms with Crippen molar-refractivity contribution in [2.24, 2.45) is 5.10 Å². The Morgan fingerprint density at radius 1 is 1.22 bits per heavy atom. The van der Waals surface area contributed by atoms with Crippen molar-refractivity contribution in [3.8, 4) is 5.75 Å². The maximum Gasteiger partial charge on any atom is 0.275 e. The molecule has 0 saturated carbocycles. The minimum atomic E-state index is -0.660. The Balaban J connectivity index is 1.81. The Hall–Kier alpha value is -2.64. The Kier molecular flexibility index (Phi) is 6.26. The maximum absolute atomic E-state index is 11.7. The number of ether oxygens (including phenoxy) is 1. The molecule has 27 heavy (non-hydrogen) atoms. The summed E-state index contributed by atoms with van der Waals surface area (Å²) in [6, 6.07) is 15.6. The molecule has 0 spiro atoms. The fourth-order valence-corrected chi connectivity index (χ4v) is 3.39. The van der Waals surface area contributed by atoms with E-state index in [1.807, 2.05) is 55.5 Å². The van der Waals surface area contributed by atoms with Crippen molar-refractivity contribution in [2.45, 2.75) is 17.7 Å². The predicted octanol–water partition coefficient (Wildman–Crippen LogP) is 4.15. The molecule has 0 radical (unpaired) electrons. The van der Waals surface area contributed by atoms with Gasteiger partial charge in [-0.05, 0) is 59.1 Å². The molecular weight excluding hydrogens is 384 g/mol. The largest absolute Gasteiger partial charge is 0.497 e. The lowest BCUT2D eigenvalue weighted by Gasteiger charge is -2.04. The number of aromatic nitrogens is 3. The van der Waals surface area contributed by atoms with Crippen LogP contribution in [0.15, 0.2) is 58.7 Å². The first-order valence-corrected chi connectivity index (χ1v) is 9.45. The van der Waals surface area contributed by atoms with Crippen LogP contribution >= 0.6 is 23.4 Å². The molecule has 138 valence electrons. The number of nitrogens with zero attached hydrogens (tertiary/aromatic N) is 4. The average Bonchev–Trinajstić information content (AvgIpc) is 3.09. The SMILES string of the molecule is COc1ccc(C=Nn2nnc(C(=O)Cl)c2SCc2ccc(C)cc2)cc1. The van der Waals surface area contributed by atoms with Crippen molar-refractivity contribution in [3.05, 3.63) is 70.9 Å². The summed E-state index contributed by atoms with van der Waals surface area (Å²) in [5.74, 6) is 1.40. The van der Waals surface area contributed by atoms with Crippen molar-refractivity contribution in [1.82, 2.24) is 15.1 Å². The highest BCUT2D eigenvalue weighted by molar-refractivity contribution is 7.98. The summed E-state index contributed by atoms with van der Waals surface area (Å²) in [6.07, 6.45) is 1.63. The van der Waals surface area contributed by atoms with Crippen LogP contribution in [0.1, 0.15) is 27.2 Å². The van der Waals surface area contributed by atoms with Crippen LogP contribution in [-0.4, -0.2) is 33.7 Å². The molecule has 3 rings (SSSR count). The zero-order valence-corrected chi connectivity index (χ0v) is 16.4. The third-order valence-corrected chi connectivity index (χ3v) is 5.01. The molecule has 0 aliphatic heterocycles. The molecule has 2 aromatic carbocycles. The van der Waals surface area contributed by atoms with E-state index in [-0.39, 0.29) is 5.69 Å². The number of halogens is 1. The second-order valence-corrected chi connectivity index (χ2v) is 7.01. The zero-order valence-electron chi connectivity index (χ0n) is 14.8. The smallest absolute Gasteiger partial charge is 0.275 e. The van der Waals surface area contributed by atoms with Gasteiger partial charge in [0.1, 0.15) is 5.75 Å². The van der Waals surface area contributed by atoms with Crippen LogP contribution in [-0.2, 0) is 5.75 Å². The summed E-state index contributed by atoms with van der Waals surface area (Å²) >= 11 is 7.05. The molecule has 0 N–H and O–H groups in total. The van der Waals surface area contributed by atoms with Crippen molar-refractivity contribution < 1.29 is 9.53 Å². The molecule has 0 amide bonds. The molecule has 1 heterocycles. The summed E-state index contributed by atoms with van der Waals surface area (Å²) < 4.78 is 5.13. The van der Waals surface area contributed by atoms with Crippen LogP contribution in [0.5, 0.6) is 5.75 Å². The minimum Gasteiger partial charge on any atom is -0.497 e. The number of rotatable bonds is 7. The maximum atomic E-state index is 11.7. The lowest BCUT2D eigenvalue weighted by Crippen LogP contribution is -1.98. The van der Waals surface area contributed by atoms with Crippen molar-refractivity contribution in [3.63, 3.8) is 0 Å². The molecule has 0 atom stereocenters. The number of carbonyl (C=O) groups excluding carboxylic acids is 1. The van der Waals surface area contributed by atoms with Crippen LogP contribution in [0.2, 0.25) is 0 Å². The predicted molar refractivity (Wildman–Crippen MR) is 107 cm³/mol. The van der Waals surface area contributed by atoms with Gasteiger partial charge < -0.3 is 4.74 Å². The van der Waals surface area contributed by atoms with E-state index in [2.05, 4.69) is 15.4 Å². The third kappa shape index (κ3) is 4.96. The molecule has 0 fully saturated rings. The highest BCUT2D eigenvalue weighted by Gasteiger charge is 2.18. The van der Waals surface area contributed by atoms with E-state index in [0.717, 1.165) is 16.9 Å². The highest BCUT2D eigenvalue weighted by Crippen LogP contribution is 2.26.